The average molecular weight is 308 g/mol. The van der Waals surface area contributed by atoms with Crippen molar-refractivity contribution in [1.29, 1.82) is 0 Å². The predicted octanol–water partition coefficient (Wildman–Crippen LogP) is 3.11. The first-order valence-corrected chi connectivity index (χ1v) is 7.71. The van der Waals surface area contributed by atoms with E-state index in [1.54, 1.807) is 0 Å². The lowest BCUT2D eigenvalue weighted by Gasteiger charge is -2.31. The summed E-state index contributed by atoms with van der Waals surface area (Å²) < 4.78 is 42.7. The Bertz CT molecular complexity index is 422. The quantitative estimate of drug-likeness (QED) is 0.907. The van der Waals surface area contributed by atoms with E-state index in [2.05, 4.69) is 17.2 Å². The molecule has 0 bridgehead atoms. The Labute approximate surface area is 120 Å². The van der Waals surface area contributed by atoms with Crippen molar-refractivity contribution < 1.29 is 17.9 Å². The van der Waals surface area contributed by atoms with Crippen molar-refractivity contribution in [3.05, 3.63) is 16.1 Å². The normalized spacial score (nSPS) is 24.0. The lowest BCUT2D eigenvalue weighted by molar-refractivity contribution is -0.140. The molecule has 0 spiro atoms. The van der Waals surface area contributed by atoms with Crippen LogP contribution in [0.1, 0.15) is 30.5 Å². The molecule has 114 valence electrons. The summed E-state index contributed by atoms with van der Waals surface area (Å²) in [6.07, 6.45) is -1.68. The Morgan fingerprint density at radius 3 is 2.95 bits per heavy atom. The molecule has 0 aromatic carbocycles. The zero-order chi connectivity index (χ0) is 14.6. The molecule has 1 aliphatic rings. The van der Waals surface area contributed by atoms with Crippen LogP contribution < -0.4 is 5.32 Å². The average Bonchev–Trinajstić information content (AvgIpc) is 2.88. The minimum absolute atomic E-state index is 0.302. The maximum absolute atomic E-state index is 12.4. The molecule has 1 aromatic rings. The van der Waals surface area contributed by atoms with E-state index in [9.17, 15) is 13.2 Å². The molecule has 1 N–H and O–H groups in total. The molecule has 2 heterocycles. The second-order valence-electron chi connectivity index (χ2n) is 4.97. The molecule has 2 rings (SSSR count). The van der Waals surface area contributed by atoms with E-state index in [4.69, 9.17) is 4.74 Å². The fraction of sp³-hybridized carbons (Fsp3) is 0.769. The van der Waals surface area contributed by atoms with Crippen molar-refractivity contribution in [3.8, 4) is 0 Å². The number of aromatic nitrogens is 1. The van der Waals surface area contributed by atoms with Gasteiger partial charge in [-0.3, -0.25) is 0 Å². The van der Waals surface area contributed by atoms with Crippen molar-refractivity contribution in [3.63, 3.8) is 0 Å². The van der Waals surface area contributed by atoms with Crippen LogP contribution in [0.2, 0.25) is 0 Å². The van der Waals surface area contributed by atoms with E-state index in [0.29, 0.717) is 36.5 Å². The lowest BCUT2D eigenvalue weighted by Crippen LogP contribution is -2.44. The number of ether oxygens (including phenoxy) is 1. The Morgan fingerprint density at radius 1 is 1.50 bits per heavy atom. The molecule has 0 amide bonds. The number of halogens is 3. The topological polar surface area (TPSA) is 34.1 Å². The first kappa shape index (κ1) is 15.7. The second kappa shape index (κ2) is 6.87. The molecule has 7 heteroatoms. The van der Waals surface area contributed by atoms with Gasteiger partial charge in [0, 0.05) is 31.0 Å². The smallest absolute Gasteiger partial charge is 0.380 e. The molecule has 0 aliphatic carbocycles. The summed E-state index contributed by atoms with van der Waals surface area (Å²) in [4.78, 5) is 3.63. The summed E-state index contributed by atoms with van der Waals surface area (Å²) in [7, 11) is 0. The summed E-state index contributed by atoms with van der Waals surface area (Å²) in [6, 6.07) is 0.302. The third kappa shape index (κ3) is 4.17. The van der Waals surface area contributed by atoms with Gasteiger partial charge >= 0.3 is 6.18 Å². The monoisotopic (exact) mass is 308 g/mol. The zero-order valence-corrected chi connectivity index (χ0v) is 12.2. The third-order valence-corrected chi connectivity index (χ3v) is 4.52. The Morgan fingerprint density at radius 2 is 2.30 bits per heavy atom. The van der Waals surface area contributed by atoms with Gasteiger partial charge in [-0.2, -0.15) is 13.2 Å². The third-order valence-electron chi connectivity index (χ3n) is 3.61. The Hall–Kier alpha value is -0.660. The van der Waals surface area contributed by atoms with Crippen LogP contribution in [0, 0.1) is 5.92 Å². The van der Waals surface area contributed by atoms with Gasteiger partial charge < -0.3 is 10.1 Å². The number of alkyl halides is 3. The van der Waals surface area contributed by atoms with Gasteiger partial charge in [0.25, 0.3) is 0 Å². The Balaban J connectivity index is 1.79. The molecule has 1 aliphatic heterocycles. The maximum Gasteiger partial charge on any atom is 0.434 e. The van der Waals surface area contributed by atoms with E-state index in [-0.39, 0.29) is 0 Å². The van der Waals surface area contributed by atoms with E-state index < -0.39 is 11.9 Å². The minimum Gasteiger partial charge on any atom is -0.380 e. The first-order chi connectivity index (χ1) is 9.50. The molecular formula is C13H19F3N2OS. The Kier molecular flexibility index (Phi) is 5.40. The van der Waals surface area contributed by atoms with E-state index >= 15 is 0 Å². The van der Waals surface area contributed by atoms with Crippen molar-refractivity contribution >= 4 is 11.3 Å². The van der Waals surface area contributed by atoms with E-state index in [0.717, 1.165) is 36.2 Å². The van der Waals surface area contributed by atoms with Crippen molar-refractivity contribution in [1.82, 2.24) is 10.3 Å². The van der Waals surface area contributed by atoms with Crippen molar-refractivity contribution in [2.45, 2.75) is 38.4 Å². The van der Waals surface area contributed by atoms with Gasteiger partial charge in [-0.25, -0.2) is 4.98 Å². The van der Waals surface area contributed by atoms with Gasteiger partial charge in [0.05, 0.1) is 11.6 Å². The largest absolute Gasteiger partial charge is 0.434 e. The fourth-order valence-electron chi connectivity index (χ4n) is 2.42. The highest BCUT2D eigenvalue weighted by Gasteiger charge is 2.33. The highest BCUT2D eigenvalue weighted by molar-refractivity contribution is 7.09. The van der Waals surface area contributed by atoms with Gasteiger partial charge in [0.2, 0.25) is 0 Å². The zero-order valence-electron chi connectivity index (χ0n) is 11.4. The van der Waals surface area contributed by atoms with Crippen LogP contribution in [0.3, 0.4) is 0 Å². The molecule has 0 radical (unpaired) electrons. The molecule has 0 saturated carbocycles. The number of hydrogen-bond donors (Lipinski definition) is 1. The van der Waals surface area contributed by atoms with Crippen molar-refractivity contribution in [2.24, 2.45) is 5.92 Å². The molecule has 2 atom stereocenters. The summed E-state index contributed by atoms with van der Waals surface area (Å²) in [5.74, 6) is 0.589. The number of nitrogens with zero attached hydrogens (tertiary/aromatic N) is 1. The van der Waals surface area contributed by atoms with E-state index in [1.165, 1.54) is 0 Å². The van der Waals surface area contributed by atoms with Crippen LogP contribution in [0.4, 0.5) is 13.2 Å². The van der Waals surface area contributed by atoms with E-state index in [1.807, 2.05) is 0 Å². The standard InChI is InChI=1S/C13H19F3N2OS/c1-2-9-4-6-19-7-10(9)17-5-3-12-18-11(8-20-12)13(14,15)16/h8-10,17H,2-7H2,1H3. The lowest BCUT2D eigenvalue weighted by atomic mass is 9.92. The molecule has 20 heavy (non-hydrogen) atoms. The molecule has 1 saturated heterocycles. The molecule has 3 nitrogen and oxygen atoms in total. The van der Waals surface area contributed by atoms with Gasteiger partial charge in [-0.1, -0.05) is 13.3 Å². The summed E-state index contributed by atoms with van der Waals surface area (Å²) >= 11 is 1.07. The number of thiazole rings is 1. The van der Waals surface area contributed by atoms with Crippen LogP contribution in [0.25, 0.3) is 0 Å². The van der Waals surface area contributed by atoms with Gasteiger partial charge in [-0.15, -0.1) is 11.3 Å². The van der Waals surface area contributed by atoms with Gasteiger partial charge in [-0.05, 0) is 12.3 Å². The number of hydrogen-bond acceptors (Lipinski definition) is 4. The second-order valence-corrected chi connectivity index (χ2v) is 5.91. The van der Waals surface area contributed by atoms with Crippen LogP contribution >= 0.6 is 11.3 Å². The van der Waals surface area contributed by atoms with Crippen LogP contribution in [-0.4, -0.2) is 30.8 Å². The highest BCUT2D eigenvalue weighted by Crippen LogP contribution is 2.30. The van der Waals surface area contributed by atoms with Gasteiger partial charge in [0.15, 0.2) is 5.69 Å². The first-order valence-electron chi connectivity index (χ1n) is 6.83. The maximum atomic E-state index is 12.4. The van der Waals surface area contributed by atoms with Gasteiger partial charge in [0.1, 0.15) is 0 Å². The van der Waals surface area contributed by atoms with Crippen molar-refractivity contribution in [2.75, 3.05) is 19.8 Å². The fourth-order valence-corrected chi connectivity index (χ4v) is 3.22. The number of rotatable bonds is 5. The predicted molar refractivity (Wildman–Crippen MR) is 71.8 cm³/mol. The molecular weight excluding hydrogens is 289 g/mol. The van der Waals surface area contributed by atoms with Crippen LogP contribution in [0.5, 0.6) is 0 Å². The molecule has 1 fully saturated rings. The summed E-state index contributed by atoms with van der Waals surface area (Å²) in [6.45, 7) is 4.28. The molecule has 1 aromatic heterocycles. The van der Waals surface area contributed by atoms with Crippen LogP contribution in [-0.2, 0) is 17.3 Å². The SMILES string of the molecule is CCC1CCOCC1NCCc1nc(C(F)(F)F)cs1. The summed E-state index contributed by atoms with van der Waals surface area (Å²) in [5, 5.41) is 4.98. The number of nitrogens with one attached hydrogen (secondary N) is 1. The molecule has 2 unspecified atom stereocenters. The highest BCUT2D eigenvalue weighted by atomic mass is 32.1. The van der Waals surface area contributed by atoms with Crippen LogP contribution in [0.15, 0.2) is 5.38 Å². The summed E-state index contributed by atoms with van der Waals surface area (Å²) in [5.41, 5.74) is -0.787. The minimum atomic E-state index is -4.34.